The van der Waals surface area contributed by atoms with Gasteiger partial charge in [0.25, 0.3) is 0 Å². The highest BCUT2D eigenvalue weighted by Gasteiger charge is 2.16. The smallest absolute Gasteiger partial charge is 0.0708 e. The maximum Gasteiger partial charge on any atom is 0.0708 e. The molecule has 0 aliphatic heterocycles. The third-order valence-electron chi connectivity index (χ3n) is 8.98. The summed E-state index contributed by atoms with van der Waals surface area (Å²) in [5.41, 5.74) is 13.7. The second kappa shape index (κ2) is 12.9. The first-order valence-electron chi connectivity index (χ1n) is 16.4. The number of rotatable bonds is 7. The summed E-state index contributed by atoms with van der Waals surface area (Å²) in [6.07, 6.45) is 1.97. The van der Waals surface area contributed by atoms with Crippen molar-refractivity contribution in [1.82, 2.24) is 4.98 Å². The van der Waals surface area contributed by atoms with Crippen molar-refractivity contribution in [3.63, 3.8) is 0 Å². The predicted molar refractivity (Wildman–Crippen MR) is 203 cm³/mol. The Labute approximate surface area is 282 Å². The summed E-state index contributed by atoms with van der Waals surface area (Å²) >= 11 is 0. The van der Waals surface area contributed by atoms with Crippen molar-refractivity contribution < 1.29 is 0 Å². The van der Waals surface area contributed by atoms with Crippen LogP contribution in [0.5, 0.6) is 0 Å². The lowest BCUT2D eigenvalue weighted by atomic mass is 9.92. The molecule has 0 unspecified atom stereocenters. The SMILES string of the molecule is Cc1ccc(-c2cc3ccccc3cn2)cc1-c1cccc(-c2cc(-c3ccccc3)cc(N(c3ccccc3)c3ccccc3)c2)c1. The highest BCUT2D eigenvalue weighted by Crippen LogP contribution is 2.40. The summed E-state index contributed by atoms with van der Waals surface area (Å²) in [7, 11) is 0. The Morgan fingerprint density at radius 2 is 0.938 bits per heavy atom. The van der Waals surface area contributed by atoms with Crippen molar-refractivity contribution in [1.29, 1.82) is 0 Å². The van der Waals surface area contributed by atoms with Gasteiger partial charge in [-0.1, -0.05) is 121 Å². The van der Waals surface area contributed by atoms with Crippen LogP contribution in [0, 0.1) is 6.92 Å². The summed E-state index contributed by atoms with van der Waals surface area (Å²) in [5.74, 6) is 0. The van der Waals surface area contributed by atoms with Gasteiger partial charge in [0.05, 0.1) is 5.69 Å². The molecule has 2 nitrogen and oxygen atoms in total. The van der Waals surface area contributed by atoms with Crippen LogP contribution in [0.15, 0.2) is 188 Å². The Kier molecular flexibility index (Phi) is 7.82. The van der Waals surface area contributed by atoms with Crippen LogP contribution in [0.3, 0.4) is 0 Å². The molecule has 0 saturated heterocycles. The lowest BCUT2D eigenvalue weighted by Gasteiger charge is -2.27. The first-order chi connectivity index (χ1) is 23.7. The average molecular weight is 615 g/mol. The summed E-state index contributed by atoms with van der Waals surface area (Å²) in [6, 6.07) is 64.9. The van der Waals surface area contributed by atoms with Gasteiger partial charge in [0.1, 0.15) is 0 Å². The largest absolute Gasteiger partial charge is 0.310 e. The molecule has 0 fully saturated rings. The number of anilines is 3. The van der Waals surface area contributed by atoms with Crippen molar-refractivity contribution in [2.75, 3.05) is 4.90 Å². The van der Waals surface area contributed by atoms with E-state index in [1.54, 1.807) is 0 Å². The molecule has 0 N–H and O–H groups in total. The number of aromatic nitrogens is 1. The van der Waals surface area contributed by atoms with Crippen LogP contribution in [0.1, 0.15) is 5.56 Å². The molecule has 0 saturated carbocycles. The van der Waals surface area contributed by atoms with E-state index in [1.165, 1.54) is 38.8 Å². The molecule has 0 radical (unpaired) electrons. The molecule has 8 aromatic rings. The third kappa shape index (κ3) is 5.88. The van der Waals surface area contributed by atoms with E-state index in [-0.39, 0.29) is 0 Å². The van der Waals surface area contributed by atoms with E-state index in [1.807, 2.05) is 6.20 Å². The van der Waals surface area contributed by atoms with E-state index in [0.29, 0.717) is 0 Å². The highest BCUT2D eigenvalue weighted by atomic mass is 15.1. The van der Waals surface area contributed by atoms with E-state index in [2.05, 4.69) is 194 Å². The number of pyridine rings is 1. The zero-order chi connectivity index (χ0) is 32.3. The van der Waals surface area contributed by atoms with Gasteiger partial charge >= 0.3 is 0 Å². The van der Waals surface area contributed by atoms with Gasteiger partial charge in [0.2, 0.25) is 0 Å². The molecule has 0 aliphatic rings. The van der Waals surface area contributed by atoms with Crippen LogP contribution in [-0.4, -0.2) is 4.98 Å². The lowest BCUT2D eigenvalue weighted by molar-refractivity contribution is 1.28. The quantitative estimate of drug-likeness (QED) is 0.178. The average Bonchev–Trinajstić information content (AvgIpc) is 3.16. The summed E-state index contributed by atoms with van der Waals surface area (Å²) < 4.78 is 0. The minimum atomic E-state index is 0.980. The molecule has 0 aliphatic carbocycles. The maximum atomic E-state index is 4.82. The Morgan fingerprint density at radius 1 is 0.375 bits per heavy atom. The Bertz CT molecular complexity index is 2310. The van der Waals surface area contributed by atoms with Crippen molar-refractivity contribution in [3.05, 3.63) is 194 Å². The van der Waals surface area contributed by atoms with E-state index >= 15 is 0 Å². The Balaban J connectivity index is 1.26. The van der Waals surface area contributed by atoms with Gasteiger partial charge in [-0.15, -0.1) is 0 Å². The highest BCUT2D eigenvalue weighted by molar-refractivity contribution is 5.88. The van der Waals surface area contributed by atoms with Gasteiger partial charge in [-0.25, -0.2) is 0 Å². The minimum absolute atomic E-state index is 0.980. The van der Waals surface area contributed by atoms with E-state index in [9.17, 15) is 0 Å². The van der Waals surface area contributed by atoms with E-state index < -0.39 is 0 Å². The molecule has 0 atom stereocenters. The number of fused-ring (bicyclic) bond motifs is 1. The molecular formula is C46H34N2. The zero-order valence-electron chi connectivity index (χ0n) is 26.8. The Hall–Kier alpha value is -6.25. The zero-order valence-corrected chi connectivity index (χ0v) is 26.8. The predicted octanol–water partition coefficient (Wildman–Crippen LogP) is 12.7. The number of hydrogen-bond acceptors (Lipinski definition) is 2. The molecule has 8 rings (SSSR count). The topological polar surface area (TPSA) is 16.1 Å². The van der Waals surface area contributed by atoms with Crippen molar-refractivity contribution in [2.24, 2.45) is 0 Å². The molecule has 1 heterocycles. The second-order valence-corrected chi connectivity index (χ2v) is 12.2. The van der Waals surface area contributed by atoms with Crippen LogP contribution in [-0.2, 0) is 0 Å². The minimum Gasteiger partial charge on any atom is -0.310 e. The van der Waals surface area contributed by atoms with E-state index in [4.69, 9.17) is 4.98 Å². The van der Waals surface area contributed by atoms with Gasteiger partial charge in [0, 0.05) is 34.2 Å². The van der Waals surface area contributed by atoms with Gasteiger partial charge in [-0.3, -0.25) is 4.98 Å². The fourth-order valence-electron chi connectivity index (χ4n) is 6.51. The van der Waals surface area contributed by atoms with Gasteiger partial charge in [-0.05, 0) is 112 Å². The second-order valence-electron chi connectivity index (χ2n) is 12.2. The van der Waals surface area contributed by atoms with Crippen LogP contribution in [0.2, 0.25) is 0 Å². The number of hydrogen-bond donors (Lipinski definition) is 0. The fourth-order valence-corrected chi connectivity index (χ4v) is 6.51. The number of aryl methyl sites for hydroxylation is 1. The molecule has 0 spiro atoms. The van der Waals surface area contributed by atoms with Crippen molar-refractivity contribution >= 4 is 27.8 Å². The van der Waals surface area contributed by atoms with Gasteiger partial charge in [0.15, 0.2) is 0 Å². The van der Waals surface area contributed by atoms with Gasteiger partial charge in [-0.2, -0.15) is 0 Å². The van der Waals surface area contributed by atoms with Crippen molar-refractivity contribution in [2.45, 2.75) is 6.92 Å². The first kappa shape index (κ1) is 29.2. The molecule has 2 heteroatoms. The lowest BCUT2D eigenvalue weighted by Crippen LogP contribution is -2.10. The maximum absolute atomic E-state index is 4.82. The van der Waals surface area contributed by atoms with Gasteiger partial charge < -0.3 is 4.90 Å². The van der Waals surface area contributed by atoms with Crippen LogP contribution < -0.4 is 4.90 Å². The van der Waals surface area contributed by atoms with E-state index in [0.717, 1.165) is 39.3 Å². The number of para-hydroxylation sites is 2. The monoisotopic (exact) mass is 614 g/mol. The van der Waals surface area contributed by atoms with Crippen LogP contribution in [0.25, 0.3) is 55.4 Å². The summed E-state index contributed by atoms with van der Waals surface area (Å²) in [4.78, 5) is 7.15. The standard InChI is InChI=1S/C46H34N2/c1-33-24-25-38(46-31-36-16-11-12-17-39(36)32-47-46)30-45(33)37-19-13-18-35(26-37)41-27-40(34-14-5-2-6-15-34)28-44(29-41)48(42-20-7-3-8-21-42)43-22-9-4-10-23-43/h2-32H,1H3. The molecule has 0 amide bonds. The molecule has 7 aromatic carbocycles. The van der Waals surface area contributed by atoms with Crippen molar-refractivity contribution in [3.8, 4) is 44.6 Å². The molecular weight excluding hydrogens is 581 g/mol. The fraction of sp³-hybridized carbons (Fsp3) is 0.0217. The Morgan fingerprint density at radius 3 is 1.65 bits per heavy atom. The summed E-state index contributed by atoms with van der Waals surface area (Å²) in [5, 5.41) is 2.34. The molecule has 228 valence electrons. The number of nitrogens with zero attached hydrogens (tertiary/aromatic N) is 2. The molecule has 0 bridgehead atoms. The molecule has 48 heavy (non-hydrogen) atoms. The molecule has 1 aromatic heterocycles. The summed E-state index contributed by atoms with van der Waals surface area (Å²) in [6.45, 7) is 2.19. The van der Waals surface area contributed by atoms with Crippen LogP contribution >= 0.6 is 0 Å². The first-order valence-corrected chi connectivity index (χ1v) is 16.4. The number of benzene rings is 7. The van der Waals surface area contributed by atoms with Crippen LogP contribution in [0.4, 0.5) is 17.1 Å². The normalized spacial score (nSPS) is 11.0. The third-order valence-corrected chi connectivity index (χ3v) is 8.98.